The molecule has 2 heterocycles. The summed E-state index contributed by atoms with van der Waals surface area (Å²) in [6.45, 7) is 3.72. The van der Waals surface area contributed by atoms with Gasteiger partial charge in [0.25, 0.3) is 0 Å². The van der Waals surface area contributed by atoms with Crippen molar-refractivity contribution < 1.29 is 9.59 Å². The van der Waals surface area contributed by atoms with Gasteiger partial charge in [0.1, 0.15) is 6.04 Å². The van der Waals surface area contributed by atoms with Gasteiger partial charge >= 0.3 is 0 Å². The van der Waals surface area contributed by atoms with E-state index in [0.717, 1.165) is 44.5 Å². The summed E-state index contributed by atoms with van der Waals surface area (Å²) in [5.74, 6) is 2.76. The van der Waals surface area contributed by atoms with E-state index in [9.17, 15) is 9.59 Å². The van der Waals surface area contributed by atoms with Crippen LogP contribution < -0.4 is 5.73 Å². The van der Waals surface area contributed by atoms with Crippen LogP contribution in [0.25, 0.3) is 0 Å². The third kappa shape index (κ3) is 3.80. The molecule has 2 aliphatic heterocycles. The number of fused-ring (bicyclic) bond motifs is 1. The van der Waals surface area contributed by atoms with Crippen molar-refractivity contribution in [3.05, 3.63) is 0 Å². The second-order valence-corrected chi connectivity index (χ2v) is 7.89. The van der Waals surface area contributed by atoms with Gasteiger partial charge < -0.3 is 15.5 Å². The summed E-state index contributed by atoms with van der Waals surface area (Å²) in [4.78, 5) is 28.9. The van der Waals surface area contributed by atoms with E-state index < -0.39 is 0 Å². The number of likely N-dealkylation sites (tertiary alicyclic amines) is 1. The highest BCUT2D eigenvalue weighted by Crippen LogP contribution is 2.38. The average Bonchev–Trinajstić information content (AvgIpc) is 3.21. The maximum absolute atomic E-state index is 12.9. The van der Waals surface area contributed by atoms with Crippen molar-refractivity contribution in [3.8, 4) is 0 Å². The SMILES string of the molecule is CCCCC(=O)N1CSCC1C(=O)N1CC2CCC(N)C2C1.Cl. The van der Waals surface area contributed by atoms with E-state index in [-0.39, 0.29) is 36.3 Å². The zero-order valence-electron chi connectivity index (χ0n) is 13.8. The van der Waals surface area contributed by atoms with E-state index in [1.807, 2.05) is 4.90 Å². The lowest BCUT2D eigenvalue weighted by molar-refractivity contribution is -0.143. The highest BCUT2D eigenvalue weighted by Gasteiger charge is 2.45. The van der Waals surface area contributed by atoms with Crippen molar-refractivity contribution in [2.24, 2.45) is 17.6 Å². The van der Waals surface area contributed by atoms with Crippen LogP contribution in [0.5, 0.6) is 0 Å². The fraction of sp³-hybridized carbons (Fsp3) is 0.875. The van der Waals surface area contributed by atoms with E-state index in [4.69, 9.17) is 5.73 Å². The number of thioether (sulfide) groups is 1. The summed E-state index contributed by atoms with van der Waals surface area (Å²) < 4.78 is 0. The van der Waals surface area contributed by atoms with Crippen LogP contribution in [0.4, 0.5) is 0 Å². The fourth-order valence-corrected chi connectivity index (χ4v) is 5.23. The number of hydrogen-bond donors (Lipinski definition) is 1. The van der Waals surface area contributed by atoms with Crippen LogP contribution in [0.15, 0.2) is 0 Å². The van der Waals surface area contributed by atoms with E-state index in [1.54, 1.807) is 16.7 Å². The minimum Gasteiger partial charge on any atom is -0.340 e. The lowest BCUT2D eigenvalue weighted by Crippen LogP contribution is -2.48. The average molecular weight is 362 g/mol. The van der Waals surface area contributed by atoms with Gasteiger partial charge in [-0.25, -0.2) is 0 Å². The van der Waals surface area contributed by atoms with Gasteiger partial charge in [-0.3, -0.25) is 9.59 Å². The van der Waals surface area contributed by atoms with Crippen LogP contribution in [-0.4, -0.2) is 58.4 Å². The molecule has 0 spiro atoms. The van der Waals surface area contributed by atoms with Gasteiger partial charge in [-0.2, -0.15) is 0 Å². The molecular weight excluding hydrogens is 334 g/mol. The number of unbranched alkanes of at least 4 members (excludes halogenated alkanes) is 1. The number of nitrogens with zero attached hydrogens (tertiary/aromatic N) is 2. The molecule has 0 aromatic rings. The summed E-state index contributed by atoms with van der Waals surface area (Å²) in [6.07, 6.45) is 4.73. The quantitative estimate of drug-likeness (QED) is 0.827. The van der Waals surface area contributed by atoms with Crippen LogP contribution in [0.1, 0.15) is 39.0 Å². The second kappa shape index (κ2) is 8.08. The number of nitrogens with two attached hydrogens (primary N) is 1. The molecule has 3 rings (SSSR count). The van der Waals surface area contributed by atoms with Crippen LogP contribution in [0, 0.1) is 11.8 Å². The van der Waals surface area contributed by atoms with E-state index >= 15 is 0 Å². The predicted octanol–water partition coefficient (Wildman–Crippen LogP) is 1.70. The molecule has 1 aliphatic carbocycles. The molecule has 3 aliphatic rings. The first-order valence-electron chi connectivity index (χ1n) is 8.53. The number of halogens is 1. The summed E-state index contributed by atoms with van der Waals surface area (Å²) in [5, 5.41) is 0. The molecular formula is C16H28ClN3O2S. The van der Waals surface area contributed by atoms with Gasteiger partial charge in [0.15, 0.2) is 0 Å². The van der Waals surface area contributed by atoms with Crippen molar-refractivity contribution in [1.82, 2.24) is 9.80 Å². The Morgan fingerprint density at radius 2 is 2.04 bits per heavy atom. The Morgan fingerprint density at radius 1 is 1.26 bits per heavy atom. The second-order valence-electron chi connectivity index (χ2n) is 6.89. The molecule has 132 valence electrons. The predicted molar refractivity (Wildman–Crippen MR) is 95.5 cm³/mol. The minimum atomic E-state index is -0.246. The Bertz CT molecular complexity index is 451. The molecule has 2 N–H and O–H groups in total. The highest BCUT2D eigenvalue weighted by molar-refractivity contribution is 7.99. The van der Waals surface area contributed by atoms with Crippen LogP contribution >= 0.6 is 24.2 Å². The largest absolute Gasteiger partial charge is 0.340 e. The number of rotatable bonds is 4. The molecule has 4 unspecified atom stereocenters. The van der Waals surface area contributed by atoms with Crippen molar-refractivity contribution in [2.75, 3.05) is 24.7 Å². The summed E-state index contributed by atoms with van der Waals surface area (Å²) in [6, 6.07) is 0.00690. The Hall–Kier alpha value is -0.460. The first kappa shape index (κ1) is 18.9. The smallest absolute Gasteiger partial charge is 0.246 e. The molecule has 0 aromatic heterocycles. The first-order valence-corrected chi connectivity index (χ1v) is 9.68. The van der Waals surface area contributed by atoms with Crippen LogP contribution in [-0.2, 0) is 9.59 Å². The molecule has 0 radical (unpaired) electrons. The molecule has 3 fully saturated rings. The Kier molecular flexibility index (Phi) is 6.63. The third-order valence-corrected chi connectivity index (χ3v) is 6.47. The van der Waals surface area contributed by atoms with Gasteiger partial charge in [-0.1, -0.05) is 13.3 Å². The molecule has 23 heavy (non-hydrogen) atoms. The summed E-state index contributed by atoms with van der Waals surface area (Å²) in [5.41, 5.74) is 6.16. The maximum atomic E-state index is 12.9. The van der Waals surface area contributed by atoms with E-state index in [0.29, 0.717) is 24.1 Å². The van der Waals surface area contributed by atoms with Crippen molar-refractivity contribution in [3.63, 3.8) is 0 Å². The molecule has 4 atom stereocenters. The Balaban J connectivity index is 0.00000192. The molecule has 5 nitrogen and oxygen atoms in total. The highest BCUT2D eigenvalue weighted by atomic mass is 35.5. The fourth-order valence-electron chi connectivity index (χ4n) is 4.06. The lowest BCUT2D eigenvalue weighted by atomic mass is 9.98. The van der Waals surface area contributed by atoms with Gasteiger partial charge in [0.05, 0.1) is 5.88 Å². The number of amides is 2. The zero-order valence-corrected chi connectivity index (χ0v) is 15.4. The van der Waals surface area contributed by atoms with Crippen molar-refractivity contribution >= 4 is 36.0 Å². The summed E-state index contributed by atoms with van der Waals surface area (Å²) >= 11 is 1.69. The first-order chi connectivity index (χ1) is 10.6. The standard InChI is InChI=1S/C16H27N3O2S.ClH/c1-2-3-4-15(20)19-10-22-9-14(19)16(21)18-7-11-5-6-13(17)12(11)8-18;/h11-14H,2-10,17H2,1H3;1H. The molecule has 0 aromatic carbocycles. The van der Waals surface area contributed by atoms with Crippen LogP contribution in [0.2, 0.25) is 0 Å². The Labute approximate surface area is 149 Å². The van der Waals surface area contributed by atoms with Crippen molar-refractivity contribution in [1.29, 1.82) is 0 Å². The van der Waals surface area contributed by atoms with E-state index in [1.165, 1.54) is 0 Å². The maximum Gasteiger partial charge on any atom is 0.246 e. The molecule has 2 amide bonds. The molecule has 2 saturated heterocycles. The number of carbonyl (C=O) groups excluding carboxylic acids is 2. The molecule has 7 heteroatoms. The van der Waals surface area contributed by atoms with Crippen molar-refractivity contribution in [2.45, 2.75) is 51.1 Å². The molecule has 0 bridgehead atoms. The van der Waals surface area contributed by atoms with Gasteiger partial charge in [0.2, 0.25) is 11.8 Å². The van der Waals surface area contributed by atoms with Gasteiger partial charge in [0, 0.05) is 31.3 Å². The topological polar surface area (TPSA) is 66.6 Å². The molecule has 1 saturated carbocycles. The Morgan fingerprint density at radius 3 is 2.74 bits per heavy atom. The van der Waals surface area contributed by atoms with Crippen LogP contribution in [0.3, 0.4) is 0 Å². The zero-order chi connectivity index (χ0) is 15.7. The lowest BCUT2D eigenvalue weighted by Gasteiger charge is -2.28. The monoisotopic (exact) mass is 361 g/mol. The number of carbonyl (C=O) groups is 2. The minimum absolute atomic E-state index is 0. The van der Waals surface area contributed by atoms with E-state index in [2.05, 4.69) is 6.92 Å². The third-order valence-electron chi connectivity index (χ3n) is 5.46. The summed E-state index contributed by atoms with van der Waals surface area (Å²) in [7, 11) is 0. The number of hydrogen-bond acceptors (Lipinski definition) is 4. The normalized spacial score (nSPS) is 32.8. The van der Waals surface area contributed by atoms with Gasteiger partial charge in [-0.05, 0) is 31.1 Å². The van der Waals surface area contributed by atoms with Gasteiger partial charge in [-0.15, -0.1) is 24.2 Å².